The minimum absolute atomic E-state index is 0.0715. The maximum atomic E-state index is 13.0. The number of nitrogens with zero attached hydrogens (tertiary/aromatic N) is 3. The number of esters is 1. The first-order valence-electron chi connectivity index (χ1n) is 8.13. The number of carbonyl (C=O) groups is 2. The van der Waals surface area contributed by atoms with E-state index in [1.54, 1.807) is 36.4 Å². The maximum absolute atomic E-state index is 13.0. The maximum Gasteiger partial charge on any atom is 0.340 e. The molecule has 0 saturated heterocycles. The average molecular weight is 385 g/mol. The minimum atomic E-state index is -4.44. The van der Waals surface area contributed by atoms with Gasteiger partial charge in [0.1, 0.15) is 5.52 Å². The van der Waals surface area contributed by atoms with Gasteiger partial charge in [-0.25, -0.2) is 8.78 Å². The van der Waals surface area contributed by atoms with E-state index in [0.717, 1.165) is 4.68 Å². The molecule has 144 valence electrons. The Balaban J connectivity index is 1.78. The Morgan fingerprint density at radius 3 is 2.56 bits per heavy atom. The second kappa shape index (κ2) is 7.45. The van der Waals surface area contributed by atoms with Crippen molar-refractivity contribution in [1.29, 1.82) is 0 Å². The normalized spacial score (nSPS) is 20.2. The Labute approximate surface area is 150 Å². The van der Waals surface area contributed by atoms with Crippen molar-refractivity contribution in [3.05, 3.63) is 36.4 Å². The van der Waals surface area contributed by atoms with Gasteiger partial charge in [0.05, 0.1) is 17.4 Å². The first kappa shape index (κ1) is 19.0. The van der Waals surface area contributed by atoms with Gasteiger partial charge in [-0.2, -0.15) is 13.5 Å². The summed E-state index contributed by atoms with van der Waals surface area (Å²) in [7, 11) is 0. The number of aromatic nitrogens is 3. The number of hydrogen-bond donors (Lipinski definition) is 0. The van der Waals surface area contributed by atoms with Crippen molar-refractivity contribution in [1.82, 2.24) is 15.0 Å². The van der Waals surface area contributed by atoms with E-state index in [2.05, 4.69) is 15.0 Å². The van der Waals surface area contributed by atoms with Crippen molar-refractivity contribution in [2.45, 2.75) is 25.2 Å². The lowest BCUT2D eigenvalue weighted by Gasteiger charge is -2.26. The number of halogens is 4. The number of hydrogen-bond acceptors (Lipinski definition) is 5. The number of ether oxygens (including phenoxy) is 1. The molecule has 6 nitrogen and oxygen atoms in total. The number of alkyl halides is 4. The molecule has 1 aromatic carbocycles. The van der Waals surface area contributed by atoms with E-state index < -0.39 is 42.7 Å². The summed E-state index contributed by atoms with van der Waals surface area (Å²) in [5.41, 5.74) is 0.918. The van der Waals surface area contributed by atoms with Crippen molar-refractivity contribution < 1.29 is 31.9 Å². The summed E-state index contributed by atoms with van der Waals surface area (Å²) >= 11 is 0. The summed E-state index contributed by atoms with van der Waals surface area (Å²) in [6, 6.07) is 6.69. The molecule has 1 aromatic heterocycles. The van der Waals surface area contributed by atoms with Crippen molar-refractivity contribution >= 4 is 22.9 Å². The van der Waals surface area contributed by atoms with Crippen molar-refractivity contribution in [3.8, 4) is 0 Å². The minimum Gasteiger partial charge on any atom is -0.459 e. The van der Waals surface area contributed by atoms with Crippen LogP contribution in [0.3, 0.4) is 0 Å². The van der Waals surface area contributed by atoms with E-state index in [-0.39, 0.29) is 12.8 Å². The molecule has 0 N–H and O–H groups in total. The van der Waals surface area contributed by atoms with Crippen LogP contribution in [0.1, 0.15) is 17.6 Å². The van der Waals surface area contributed by atoms with Crippen LogP contribution in [0.25, 0.3) is 11.0 Å². The Kier molecular flexibility index (Phi) is 5.24. The lowest BCUT2D eigenvalue weighted by Crippen LogP contribution is -2.39. The average Bonchev–Trinajstić information content (AvgIpc) is 3.09. The zero-order chi connectivity index (χ0) is 19.6. The summed E-state index contributed by atoms with van der Waals surface area (Å²) in [6.07, 6.45) is -0.421. The highest BCUT2D eigenvalue weighted by molar-refractivity contribution is 5.93. The van der Waals surface area contributed by atoms with Gasteiger partial charge in [-0.15, -0.1) is 5.10 Å². The van der Waals surface area contributed by atoms with Crippen LogP contribution in [0, 0.1) is 11.8 Å². The summed E-state index contributed by atoms with van der Waals surface area (Å²) in [5.74, 6) is -8.10. The van der Waals surface area contributed by atoms with E-state index in [1.807, 2.05) is 0 Å². The molecule has 0 spiro atoms. The molecule has 27 heavy (non-hydrogen) atoms. The highest BCUT2D eigenvalue weighted by Crippen LogP contribution is 2.30. The number of benzene rings is 1. The summed E-state index contributed by atoms with van der Waals surface area (Å²) in [5, 5.41) is 7.66. The molecular formula is C17H15F4N3O3. The summed E-state index contributed by atoms with van der Waals surface area (Å²) < 4.78 is 55.9. The predicted molar refractivity (Wildman–Crippen MR) is 85.4 cm³/mol. The molecule has 2 aromatic rings. The van der Waals surface area contributed by atoms with E-state index in [1.165, 1.54) is 0 Å². The zero-order valence-electron chi connectivity index (χ0n) is 13.9. The monoisotopic (exact) mass is 385 g/mol. The number of carbonyl (C=O) groups excluding carboxylic acids is 2. The van der Waals surface area contributed by atoms with Crippen LogP contribution in [-0.2, 0) is 9.53 Å². The molecule has 0 bridgehead atoms. The number of allylic oxidation sites excluding steroid dienone is 2. The number of para-hydroxylation sites is 1. The van der Waals surface area contributed by atoms with Crippen LogP contribution in [-0.4, -0.2) is 45.8 Å². The number of fused-ring (bicyclic) bond motifs is 1. The highest BCUT2D eigenvalue weighted by atomic mass is 19.3. The first-order chi connectivity index (χ1) is 12.8. The van der Waals surface area contributed by atoms with Gasteiger partial charge in [0.2, 0.25) is 0 Å². The third-order valence-corrected chi connectivity index (χ3v) is 4.34. The van der Waals surface area contributed by atoms with Crippen molar-refractivity contribution in [2.75, 3.05) is 6.61 Å². The molecule has 0 fully saturated rings. The van der Waals surface area contributed by atoms with E-state index in [0.29, 0.717) is 11.0 Å². The Hall–Kier alpha value is -2.78. The van der Waals surface area contributed by atoms with E-state index in [9.17, 15) is 27.2 Å². The summed E-state index contributed by atoms with van der Waals surface area (Å²) in [6.45, 7) is -1.74. The van der Waals surface area contributed by atoms with Crippen LogP contribution in [0.15, 0.2) is 36.4 Å². The van der Waals surface area contributed by atoms with Crippen LogP contribution in [0.5, 0.6) is 0 Å². The Morgan fingerprint density at radius 1 is 1.19 bits per heavy atom. The van der Waals surface area contributed by atoms with Gasteiger partial charge < -0.3 is 4.74 Å². The van der Waals surface area contributed by atoms with Crippen LogP contribution < -0.4 is 0 Å². The predicted octanol–water partition coefficient (Wildman–Crippen LogP) is 3.10. The quantitative estimate of drug-likeness (QED) is 0.449. The third kappa shape index (κ3) is 3.83. The molecule has 10 heteroatoms. The van der Waals surface area contributed by atoms with Crippen molar-refractivity contribution in [2.24, 2.45) is 11.8 Å². The lowest BCUT2D eigenvalue weighted by atomic mass is 9.82. The molecule has 3 rings (SSSR count). The molecule has 0 amide bonds. The zero-order valence-corrected chi connectivity index (χ0v) is 13.9. The van der Waals surface area contributed by atoms with Crippen molar-refractivity contribution in [3.63, 3.8) is 0 Å². The fourth-order valence-electron chi connectivity index (χ4n) is 2.87. The second-order valence-electron chi connectivity index (χ2n) is 6.15. The van der Waals surface area contributed by atoms with E-state index >= 15 is 0 Å². The van der Waals surface area contributed by atoms with Gasteiger partial charge in [0.15, 0.2) is 6.61 Å². The molecular weight excluding hydrogens is 370 g/mol. The molecule has 1 aliphatic rings. The fourth-order valence-corrected chi connectivity index (χ4v) is 2.87. The Morgan fingerprint density at radius 2 is 1.85 bits per heavy atom. The SMILES string of the molecule is O=C(OCC(F)(F)C(F)F)[C@@H]1CC=CC[C@@H]1C(=O)n1nnc2ccccc21. The largest absolute Gasteiger partial charge is 0.459 e. The highest BCUT2D eigenvalue weighted by Gasteiger charge is 2.44. The number of rotatable bonds is 5. The fraction of sp³-hybridized carbons (Fsp3) is 0.412. The molecule has 0 unspecified atom stereocenters. The topological polar surface area (TPSA) is 74.1 Å². The van der Waals surface area contributed by atoms with Gasteiger partial charge in [0.25, 0.3) is 5.91 Å². The van der Waals surface area contributed by atoms with Gasteiger partial charge in [-0.3, -0.25) is 9.59 Å². The van der Waals surface area contributed by atoms with Gasteiger partial charge >= 0.3 is 18.3 Å². The van der Waals surface area contributed by atoms with Crippen LogP contribution in [0.4, 0.5) is 17.6 Å². The molecule has 2 atom stereocenters. The van der Waals surface area contributed by atoms with Gasteiger partial charge in [0, 0.05) is 0 Å². The third-order valence-electron chi connectivity index (χ3n) is 4.34. The molecule has 0 saturated carbocycles. The smallest absolute Gasteiger partial charge is 0.340 e. The van der Waals surface area contributed by atoms with E-state index in [4.69, 9.17) is 0 Å². The standard InChI is InChI=1S/C17H15F4N3O3/c18-16(19)17(20,21)9-27-15(26)11-6-2-1-5-10(11)14(25)24-13-8-4-3-7-12(13)22-23-24/h1-4,7-8,10-11,16H,5-6,9H2/t10-,11+/m0/s1. The lowest BCUT2D eigenvalue weighted by molar-refractivity contribution is -0.183. The second-order valence-corrected chi connectivity index (χ2v) is 6.15. The van der Waals surface area contributed by atoms with Gasteiger partial charge in [-0.1, -0.05) is 29.5 Å². The Bertz CT molecular complexity index is 881. The van der Waals surface area contributed by atoms with Gasteiger partial charge in [-0.05, 0) is 25.0 Å². The van der Waals surface area contributed by atoms with Crippen LogP contribution >= 0.6 is 0 Å². The molecule has 0 aliphatic heterocycles. The molecule has 1 heterocycles. The molecule has 1 aliphatic carbocycles. The van der Waals surface area contributed by atoms with Crippen LogP contribution in [0.2, 0.25) is 0 Å². The molecule has 0 radical (unpaired) electrons. The first-order valence-corrected chi connectivity index (χ1v) is 8.13. The summed E-state index contributed by atoms with van der Waals surface area (Å²) in [4.78, 5) is 25.0.